The van der Waals surface area contributed by atoms with E-state index in [1.54, 1.807) is 0 Å². The largest absolute Gasteiger partial charge is 0.319 e. The van der Waals surface area contributed by atoms with Crippen LogP contribution in [0.4, 0.5) is 0 Å². The number of aromatic nitrogens is 1. The molecule has 4 heteroatoms. The van der Waals surface area contributed by atoms with E-state index in [-0.39, 0.29) is 0 Å². The first-order valence-electron chi connectivity index (χ1n) is 8.45. The van der Waals surface area contributed by atoms with Crippen LogP contribution < -0.4 is 5.30 Å². The van der Waals surface area contributed by atoms with Gasteiger partial charge in [0.05, 0.1) is 5.52 Å². The topological polar surface area (TPSA) is 30.0 Å². The molecule has 0 unspecified atom stereocenters. The number of fused-ring (bicyclic) bond motifs is 1. The van der Waals surface area contributed by atoms with Crippen molar-refractivity contribution in [2.75, 3.05) is 13.3 Å². The van der Waals surface area contributed by atoms with E-state index < -0.39 is 7.14 Å². The van der Waals surface area contributed by atoms with Crippen LogP contribution in [0.2, 0.25) is 0 Å². The Bertz CT molecular complexity index is 958. The molecule has 0 fully saturated rings. The maximum absolute atomic E-state index is 12.9. The number of hydrogen-bond donors (Lipinski definition) is 0. The van der Waals surface area contributed by atoms with E-state index in [1.165, 1.54) is 5.56 Å². The maximum Gasteiger partial charge on any atom is 0.111 e. The molecule has 0 bridgehead atoms. The molecule has 130 valence electrons. The summed E-state index contributed by atoms with van der Waals surface area (Å²) in [5.41, 5.74) is 5.38. The maximum atomic E-state index is 12.9. The molecule has 0 aliphatic heterocycles. The first kappa shape index (κ1) is 18.4. The smallest absolute Gasteiger partial charge is 0.111 e. The minimum atomic E-state index is -2.45. The zero-order chi connectivity index (χ0) is 18.2. The number of hydrogen-bond acceptors (Lipinski definition) is 2. The SMILES string of the molecule is CC(C)c1ccc2cc(-c3ccc(CBr)cc3)cc(P(C)(C)=O)c2n1. The Morgan fingerprint density at radius 3 is 2.24 bits per heavy atom. The molecule has 0 saturated heterocycles. The number of benzene rings is 2. The van der Waals surface area contributed by atoms with Crippen molar-refractivity contribution in [2.45, 2.75) is 25.1 Å². The highest BCUT2D eigenvalue weighted by atomic mass is 79.9. The summed E-state index contributed by atoms with van der Waals surface area (Å²) in [5.74, 6) is 0.349. The molecule has 2 aromatic carbocycles. The molecule has 0 radical (unpaired) electrons. The fourth-order valence-corrected chi connectivity index (χ4v) is 4.43. The Labute approximate surface area is 158 Å². The summed E-state index contributed by atoms with van der Waals surface area (Å²) in [6.07, 6.45) is 0. The van der Waals surface area contributed by atoms with Gasteiger partial charge in [-0.15, -0.1) is 0 Å². The van der Waals surface area contributed by atoms with E-state index in [0.717, 1.165) is 38.4 Å². The molecule has 0 N–H and O–H groups in total. The number of pyridine rings is 1. The van der Waals surface area contributed by atoms with Crippen molar-refractivity contribution < 1.29 is 4.57 Å². The zero-order valence-corrected chi connectivity index (χ0v) is 17.6. The van der Waals surface area contributed by atoms with Crippen LogP contribution in [0.3, 0.4) is 0 Å². The van der Waals surface area contributed by atoms with Gasteiger partial charge in [0.2, 0.25) is 0 Å². The van der Waals surface area contributed by atoms with Crippen LogP contribution in [0.1, 0.15) is 31.0 Å². The molecule has 0 saturated carbocycles. The minimum Gasteiger partial charge on any atom is -0.319 e. The molecule has 25 heavy (non-hydrogen) atoms. The molecule has 3 rings (SSSR count). The Balaban J connectivity index is 2.25. The van der Waals surface area contributed by atoms with Crippen molar-refractivity contribution >= 4 is 39.3 Å². The van der Waals surface area contributed by atoms with Gasteiger partial charge in [0.25, 0.3) is 0 Å². The van der Waals surface area contributed by atoms with Gasteiger partial charge in [-0.25, -0.2) is 0 Å². The predicted molar refractivity (Wildman–Crippen MR) is 113 cm³/mol. The summed E-state index contributed by atoms with van der Waals surface area (Å²) in [6.45, 7) is 7.91. The van der Waals surface area contributed by atoms with Crippen LogP contribution >= 0.6 is 23.1 Å². The summed E-state index contributed by atoms with van der Waals surface area (Å²) in [5, 5.41) is 2.76. The van der Waals surface area contributed by atoms with Gasteiger partial charge >= 0.3 is 0 Å². The molecular weight excluding hydrogens is 393 g/mol. The second-order valence-electron chi connectivity index (χ2n) is 7.14. The van der Waals surface area contributed by atoms with Gasteiger partial charge in [0.15, 0.2) is 0 Å². The van der Waals surface area contributed by atoms with Crippen LogP contribution in [-0.4, -0.2) is 18.3 Å². The Morgan fingerprint density at radius 1 is 1.00 bits per heavy atom. The Morgan fingerprint density at radius 2 is 1.68 bits per heavy atom. The zero-order valence-electron chi connectivity index (χ0n) is 15.1. The predicted octanol–water partition coefficient (Wildman–Crippen LogP) is 6.17. The minimum absolute atomic E-state index is 0.349. The molecule has 0 atom stereocenters. The van der Waals surface area contributed by atoms with Crippen LogP contribution in [-0.2, 0) is 9.90 Å². The third kappa shape index (κ3) is 3.88. The monoisotopic (exact) mass is 415 g/mol. The van der Waals surface area contributed by atoms with Gasteiger partial charge in [-0.2, -0.15) is 0 Å². The van der Waals surface area contributed by atoms with Gasteiger partial charge in [0, 0.05) is 21.7 Å². The highest BCUT2D eigenvalue weighted by Gasteiger charge is 2.18. The lowest BCUT2D eigenvalue weighted by atomic mass is 10.0. The standard InChI is InChI=1S/C21H23BrNOP/c1-14(2)19-10-9-17-11-18(16-7-5-15(13-22)6-8-16)12-20(21(17)23-19)25(3,4)24/h5-12,14H,13H2,1-4H3. The summed E-state index contributed by atoms with van der Waals surface area (Å²) < 4.78 is 12.9. The lowest BCUT2D eigenvalue weighted by Crippen LogP contribution is -2.08. The number of nitrogens with zero attached hydrogens (tertiary/aromatic N) is 1. The molecule has 1 heterocycles. The van der Waals surface area contributed by atoms with Crippen molar-refractivity contribution in [3.8, 4) is 11.1 Å². The van der Waals surface area contributed by atoms with Crippen molar-refractivity contribution in [3.63, 3.8) is 0 Å². The fraction of sp³-hybridized carbons (Fsp3) is 0.286. The van der Waals surface area contributed by atoms with E-state index in [4.69, 9.17) is 4.98 Å². The summed E-state index contributed by atoms with van der Waals surface area (Å²) in [6, 6.07) is 16.9. The normalized spacial score (nSPS) is 12.1. The molecule has 0 amide bonds. The molecule has 0 aliphatic carbocycles. The number of halogens is 1. The lowest BCUT2D eigenvalue weighted by Gasteiger charge is -2.15. The van der Waals surface area contributed by atoms with Gasteiger partial charge in [0.1, 0.15) is 7.14 Å². The average molecular weight is 416 g/mol. The highest BCUT2D eigenvalue weighted by molar-refractivity contribution is 9.08. The first-order valence-corrected chi connectivity index (χ1v) is 12.2. The van der Waals surface area contributed by atoms with Crippen LogP contribution in [0, 0.1) is 0 Å². The van der Waals surface area contributed by atoms with E-state index in [2.05, 4.69) is 78.3 Å². The third-order valence-corrected chi connectivity index (χ3v) is 6.56. The molecule has 2 nitrogen and oxygen atoms in total. The van der Waals surface area contributed by atoms with Crippen molar-refractivity contribution in [2.24, 2.45) is 0 Å². The van der Waals surface area contributed by atoms with Gasteiger partial charge in [-0.1, -0.05) is 60.1 Å². The van der Waals surface area contributed by atoms with E-state index >= 15 is 0 Å². The van der Waals surface area contributed by atoms with Gasteiger partial charge in [-0.3, -0.25) is 4.98 Å². The molecule has 0 aliphatic rings. The van der Waals surface area contributed by atoms with Crippen LogP contribution in [0.5, 0.6) is 0 Å². The Hall–Kier alpha value is -1.44. The lowest BCUT2D eigenvalue weighted by molar-refractivity contribution is 0.588. The van der Waals surface area contributed by atoms with E-state index in [9.17, 15) is 4.57 Å². The average Bonchev–Trinajstić information content (AvgIpc) is 2.59. The molecule has 3 aromatic rings. The van der Waals surface area contributed by atoms with Gasteiger partial charge in [-0.05, 0) is 54.1 Å². The number of alkyl halides is 1. The second-order valence-corrected chi connectivity index (χ2v) is 10.9. The first-order chi connectivity index (χ1) is 11.8. The third-order valence-electron chi connectivity index (χ3n) is 4.41. The molecular formula is C21H23BrNOP. The van der Waals surface area contributed by atoms with Crippen molar-refractivity contribution in [3.05, 3.63) is 59.8 Å². The quantitative estimate of drug-likeness (QED) is 0.376. The molecule has 0 spiro atoms. The van der Waals surface area contributed by atoms with Crippen molar-refractivity contribution in [1.82, 2.24) is 4.98 Å². The fourth-order valence-electron chi connectivity index (χ4n) is 2.92. The van der Waals surface area contributed by atoms with Crippen LogP contribution in [0.15, 0.2) is 48.5 Å². The highest BCUT2D eigenvalue weighted by Crippen LogP contribution is 2.39. The summed E-state index contributed by atoms with van der Waals surface area (Å²) in [7, 11) is -2.45. The summed E-state index contributed by atoms with van der Waals surface area (Å²) >= 11 is 3.48. The summed E-state index contributed by atoms with van der Waals surface area (Å²) in [4.78, 5) is 4.82. The Kier molecular flexibility index (Phi) is 5.18. The van der Waals surface area contributed by atoms with Crippen LogP contribution in [0.25, 0.3) is 22.0 Å². The second kappa shape index (κ2) is 7.05. The number of rotatable bonds is 4. The van der Waals surface area contributed by atoms with E-state index in [0.29, 0.717) is 5.92 Å². The van der Waals surface area contributed by atoms with Crippen molar-refractivity contribution in [1.29, 1.82) is 0 Å². The molecule has 1 aromatic heterocycles. The van der Waals surface area contributed by atoms with E-state index in [1.807, 2.05) is 13.3 Å². The van der Waals surface area contributed by atoms with Gasteiger partial charge < -0.3 is 4.57 Å².